The fourth-order valence-corrected chi connectivity index (χ4v) is 2.78. The predicted octanol–water partition coefficient (Wildman–Crippen LogP) is 3.12. The molecule has 122 valence electrons. The molecule has 3 rings (SSSR count). The fourth-order valence-electron chi connectivity index (χ4n) is 2.59. The van der Waals surface area contributed by atoms with Crippen LogP contribution in [0.3, 0.4) is 0 Å². The number of halogens is 1. The summed E-state index contributed by atoms with van der Waals surface area (Å²) in [6.45, 7) is 0.307. The van der Waals surface area contributed by atoms with E-state index < -0.39 is 5.97 Å². The van der Waals surface area contributed by atoms with E-state index in [1.807, 2.05) is 42.5 Å². The molecule has 6 heteroatoms. The lowest BCUT2D eigenvalue weighted by atomic mass is 10.2. The van der Waals surface area contributed by atoms with Gasteiger partial charge < -0.3 is 9.67 Å². The number of hydrogen-bond donors (Lipinski definition) is 1. The summed E-state index contributed by atoms with van der Waals surface area (Å²) >= 11 is 6.21. The maximum Gasteiger partial charge on any atom is 0.303 e. The summed E-state index contributed by atoms with van der Waals surface area (Å²) in [6.07, 6.45) is -0.0335. The van der Waals surface area contributed by atoms with Gasteiger partial charge in [-0.15, -0.1) is 0 Å². The lowest BCUT2D eigenvalue weighted by Gasteiger charge is -2.13. The molecule has 0 bridgehead atoms. The Hall–Kier alpha value is -2.66. The van der Waals surface area contributed by atoms with Gasteiger partial charge in [-0.2, -0.15) is 0 Å². The second-order valence-electron chi connectivity index (χ2n) is 5.42. The highest BCUT2D eigenvalue weighted by Crippen LogP contribution is 2.18. The summed E-state index contributed by atoms with van der Waals surface area (Å²) in [5.74, 6) is -0.956. The van der Waals surface area contributed by atoms with Gasteiger partial charge in [-0.05, 0) is 23.8 Å². The Morgan fingerprint density at radius 3 is 2.58 bits per heavy atom. The predicted molar refractivity (Wildman–Crippen MR) is 92.5 cm³/mol. The fraction of sp³-hybridized carbons (Fsp3) is 0.167. The van der Waals surface area contributed by atoms with Crippen LogP contribution in [-0.4, -0.2) is 20.6 Å². The van der Waals surface area contributed by atoms with E-state index in [2.05, 4.69) is 4.98 Å². The molecule has 24 heavy (non-hydrogen) atoms. The number of carbonyl (C=O) groups is 1. The SMILES string of the molecule is O=C(O)CCc1nc2ccccc2n(Cc2ccccc2Cl)c1=O. The first-order valence-corrected chi connectivity index (χ1v) is 7.87. The lowest BCUT2D eigenvalue weighted by molar-refractivity contribution is -0.136. The van der Waals surface area contributed by atoms with Crippen LogP contribution in [0.5, 0.6) is 0 Å². The normalized spacial score (nSPS) is 10.9. The van der Waals surface area contributed by atoms with Gasteiger partial charge in [0.15, 0.2) is 0 Å². The minimum atomic E-state index is -0.956. The quantitative estimate of drug-likeness (QED) is 0.773. The number of carboxylic acid groups (broad SMARTS) is 1. The second kappa shape index (κ2) is 6.84. The summed E-state index contributed by atoms with van der Waals surface area (Å²) in [4.78, 5) is 27.9. The molecule has 0 aliphatic carbocycles. The van der Waals surface area contributed by atoms with Gasteiger partial charge in [0, 0.05) is 11.4 Å². The molecule has 1 aromatic heterocycles. The number of benzene rings is 2. The van der Waals surface area contributed by atoms with Crippen LogP contribution >= 0.6 is 11.6 Å². The van der Waals surface area contributed by atoms with Crippen molar-refractivity contribution in [3.63, 3.8) is 0 Å². The minimum Gasteiger partial charge on any atom is -0.481 e. The highest BCUT2D eigenvalue weighted by atomic mass is 35.5. The molecule has 0 unspecified atom stereocenters. The van der Waals surface area contributed by atoms with Gasteiger partial charge in [0.2, 0.25) is 0 Å². The number of nitrogens with zero attached hydrogens (tertiary/aromatic N) is 2. The van der Waals surface area contributed by atoms with Crippen LogP contribution in [0.2, 0.25) is 5.02 Å². The van der Waals surface area contributed by atoms with Crippen molar-refractivity contribution >= 4 is 28.6 Å². The Bertz CT molecular complexity index is 966. The van der Waals surface area contributed by atoms with Crippen molar-refractivity contribution in [3.05, 3.63) is 75.2 Å². The number of carboxylic acids is 1. The van der Waals surface area contributed by atoms with E-state index in [1.165, 1.54) is 0 Å². The Balaban J connectivity index is 2.13. The largest absolute Gasteiger partial charge is 0.481 e. The number of aryl methyl sites for hydroxylation is 1. The van der Waals surface area contributed by atoms with E-state index in [0.29, 0.717) is 22.6 Å². The third-order valence-electron chi connectivity index (χ3n) is 3.78. The maximum absolute atomic E-state index is 12.8. The summed E-state index contributed by atoms with van der Waals surface area (Å²) in [5.41, 5.74) is 2.14. The van der Waals surface area contributed by atoms with Gasteiger partial charge in [-0.25, -0.2) is 4.98 Å². The van der Waals surface area contributed by atoms with Crippen LogP contribution in [0.1, 0.15) is 17.7 Å². The van der Waals surface area contributed by atoms with Gasteiger partial charge in [-0.3, -0.25) is 9.59 Å². The number of aromatic nitrogens is 2. The molecule has 5 nitrogen and oxygen atoms in total. The molecule has 0 fully saturated rings. The van der Waals surface area contributed by atoms with Crippen molar-refractivity contribution in [2.24, 2.45) is 0 Å². The molecule has 1 heterocycles. The second-order valence-corrected chi connectivity index (χ2v) is 5.83. The zero-order valence-corrected chi connectivity index (χ0v) is 13.5. The number of hydrogen-bond acceptors (Lipinski definition) is 3. The summed E-state index contributed by atoms with van der Waals surface area (Å²) < 4.78 is 1.60. The van der Waals surface area contributed by atoms with Gasteiger partial charge >= 0.3 is 5.97 Å². The molecule has 0 saturated heterocycles. The van der Waals surface area contributed by atoms with Gasteiger partial charge in [0.05, 0.1) is 24.0 Å². The number of aliphatic carboxylic acids is 1. The van der Waals surface area contributed by atoms with Crippen molar-refractivity contribution in [1.82, 2.24) is 9.55 Å². The third-order valence-corrected chi connectivity index (χ3v) is 4.15. The molecule has 0 spiro atoms. The first kappa shape index (κ1) is 16.2. The van der Waals surface area contributed by atoms with Crippen molar-refractivity contribution in [1.29, 1.82) is 0 Å². The van der Waals surface area contributed by atoms with Crippen molar-refractivity contribution in [2.45, 2.75) is 19.4 Å². The summed E-state index contributed by atoms with van der Waals surface area (Å²) in [6, 6.07) is 14.6. The van der Waals surface area contributed by atoms with Crippen LogP contribution in [-0.2, 0) is 17.8 Å². The van der Waals surface area contributed by atoms with Crippen LogP contribution in [0.4, 0.5) is 0 Å². The molecule has 3 aromatic rings. The molecule has 1 N–H and O–H groups in total. The van der Waals surface area contributed by atoms with E-state index in [-0.39, 0.29) is 24.1 Å². The number of rotatable bonds is 5. The maximum atomic E-state index is 12.8. The third kappa shape index (κ3) is 3.31. The first-order valence-electron chi connectivity index (χ1n) is 7.50. The van der Waals surface area contributed by atoms with Crippen LogP contribution < -0.4 is 5.56 Å². The summed E-state index contributed by atoms with van der Waals surface area (Å²) in [5, 5.41) is 9.45. The molecule has 0 atom stereocenters. The van der Waals surface area contributed by atoms with Crippen LogP contribution in [0, 0.1) is 0 Å². The van der Waals surface area contributed by atoms with Crippen LogP contribution in [0.25, 0.3) is 11.0 Å². The Labute approximate surface area is 143 Å². The smallest absolute Gasteiger partial charge is 0.303 e. The molecule has 0 aliphatic rings. The highest BCUT2D eigenvalue weighted by Gasteiger charge is 2.13. The number of fused-ring (bicyclic) bond motifs is 1. The van der Waals surface area contributed by atoms with Gasteiger partial charge in [0.25, 0.3) is 5.56 Å². The van der Waals surface area contributed by atoms with Crippen molar-refractivity contribution in [2.75, 3.05) is 0 Å². The Morgan fingerprint density at radius 1 is 1.12 bits per heavy atom. The lowest BCUT2D eigenvalue weighted by Crippen LogP contribution is -2.27. The molecule has 0 amide bonds. The van der Waals surface area contributed by atoms with E-state index in [0.717, 1.165) is 5.56 Å². The zero-order chi connectivity index (χ0) is 17.1. The van der Waals surface area contributed by atoms with Gasteiger partial charge in [0.1, 0.15) is 5.69 Å². The van der Waals surface area contributed by atoms with E-state index in [4.69, 9.17) is 16.7 Å². The molecular formula is C18H15ClN2O3. The number of para-hydroxylation sites is 2. The van der Waals surface area contributed by atoms with E-state index in [1.54, 1.807) is 10.6 Å². The molecular weight excluding hydrogens is 328 g/mol. The first-order chi connectivity index (χ1) is 11.6. The minimum absolute atomic E-state index is 0.0987. The molecule has 0 aliphatic heterocycles. The Morgan fingerprint density at radius 2 is 1.83 bits per heavy atom. The monoisotopic (exact) mass is 342 g/mol. The standard InChI is InChI=1S/C18H15ClN2O3/c19-13-6-2-1-5-12(13)11-21-16-8-4-3-7-14(16)20-15(18(21)24)9-10-17(22)23/h1-8H,9-11H2,(H,22,23). The van der Waals surface area contributed by atoms with E-state index in [9.17, 15) is 9.59 Å². The topological polar surface area (TPSA) is 72.2 Å². The van der Waals surface area contributed by atoms with Crippen molar-refractivity contribution < 1.29 is 9.90 Å². The Kier molecular flexibility index (Phi) is 4.62. The average molecular weight is 343 g/mol. The molecule has 2 aromatic carbocycles. The summed E-state index contributed by atoms with van der Waals surface area (Å²) in [7, 11) is 0. The average Bonchev–Trinajstić information content (AvgIpc) is 2.57. The zero-order valence-electron chi connectivity index (χ0n) is 12.8. The van der Waals surface area contributed by atoms with Gasteiger partial charge in [-0.1, -0.05) is 41.9 Å². The van der Waals surface area contributed by atoms with Crippen molar-refractivity contribution in [3.8, 4) is 0 Å². The molecule has 0 saturated carbocycles. The highest BCUT2D eigenvalue weighted by molar-refractivity contribution is 6.31. The molecule has 0 radical (unpaired) electrons. The van der Waals surface area contributed by atoms with Crippen LogP contribution in [0.15, 0.2) is 53.3 Å². The van der Waals surface area contributed by atoms with E-state index >= 15 is 0 Å².